The molecule has 1 saturated carbocycles. The molecule has 0 aliphatic heterocycles. The summed E-state index contributed by atoms with van der Waals surface area (Å²) in [5, 5.41) is 17.9. The van der Waals surface area contributed by atoms with E-state index in [-0.39, 0.29) is 5.92 Å². The first kappa shape index (κ1) is 9.01. The molecule has 2 N–H and O–H groups in total. The highest BCUT2D eigenvalue weighted by Gasteiger charge is 2.23. The van der Waals surface area contributed by atoms with Gasteiger partial charge >= 0.3 is 0 Å². The molecule has 0 heterocycles. The molecule has 2 heteroatoms. The minimum Gasteiger partial charge on any atom is -0.368 e. The molecule has 1 aliphatic rings. The van der Waals surface area contributed by atoms with E-state index >= 15 is 0 Å². The van der Waals surface area contributed by atoms with Gasteiger partial charge in [0.1, 0.15) is 0 Å². The van der Waals surface area contributed by atoms with Crippen LogP contribution in [0.25, 0.3) is 0 Å². The Labute approximate surface area is 68.2 Å². The number of rotatable bonds is 2. The van der Waals surface area contributed by atoms with Gasteiger partial charge in [0.05, 0.1) is 0 Å². The van der Waals surface area contributed by atoms with Crippen LogP contribution in [-0.4, -0.2) is 16.5 Å². The summed E-state index contributed by atoms with van der Waals surface area (Å²) in [6.45, 7) is 1.93. The fourth-order valence-corrected chi connectivity index (χ4v) is 1.90. The van der Waals surface area contributed by atoms with E-state index in [1.54, 1.807) is 0 Å². The molecule has 0 aromatic heterocycles. The van der Waals surface area contributed by atoms with Gasteiger partial charge in [-0.25, -0.2) is 0 Å². The van der Waals surface area contributed by atoms with Crippen molar-refractivity contribution in [2.24, 2.45) is 11.8 Å². The maximum Gasteiger partial charge on any atom is 0.154 e. The van der Waals surface area contributed by atoms with E-state index < -0.39 is 6.29 Å². The van der Waals surface area contributed by atoms with Crippen molar-refractivity contribution in [3.63, 3.8) is 0 Å². The normalized spacial score (nSPS) is 24.0. The van der Waals surface area contributed by atoms with Crippen molar-refractivity contribution in [2.75, 3.05) is 0 Å². The van der Waals surface area contributed by atoms with Crippen LogP contribution >= 0.6 is 0 Å². The predicted octanol–water partition coefficient (Wildman–Crippen LogP) is 1.51. The Morgan fingerprint density at radius 3 is 2.09 bits per heavy atom. The second-order valence-corrected chi connectivity index (χ2v) is 3.67. The minimum absolute atomic E-state index is 0.0651. The lowest BCUT2D eigenvalue weighted by molar-refractivity contribution is -0.0981. The van der Waals surface area contributed by atoms with Crippen LogP contribution in [0, 0.1) is 11.8 Å². The molecule has 0 bridgehead atoms. The van der Waals surface area contributed by atoms with Crippen LogP contribution in [0.15, 0.2) is 0 Å². The first-order chi connectivity index (χ1) is 5.22. The summed E-state index contributed by atoms with van der Waals surface area (Å²) < 4.78 is 0. The minimum atomic E-state index is -1.11. The summed E-state index contributed by atoms with van der Waals surface area (Å²) in [5.41, 5.74) is 0. The van der Waals surface area contributed by atoms with Crippen LogP contribution in [0.5, 0.6) is 0 Å². The number of hydrogen-bond donors (Lipinski definition) is 2. The fraction of sp³-hybridized carbons (Fsp3) is 1.00. The zero-order chi connectivity index (χ0) is 8.27. The van der Waals surface area contributed by atoms with Crippen LogP contribution in [0.4, 0.5) is 0 Å². The Bertz CT molecular complexity index is 106. The van der Waals surface area contributed by atoms with Gasteiger partial charge < -0.3 is 10.2 Å². The second kappa shape index (κ2) is 4.07. The van der Waals surface area contributed by atoms with Crippen molar-refractivity contribution in [2.45, 2.75) is 45.3 Å². The monoisotopic (exact) mass is 158 g/mol. The molecule has 1 atom stereocenters. The highest BCUT2D eigenvalue weighted by Crippen LogP contribution is 2.30. The van der Waals surface area contributed by atoms with Gasteiger partial charge in [0.2, 0.25) is 0 Å². The molecule has 1 rings (SSSR count). The van der Waals surface area contributed by atoms with Gasteiger partial charge in [-0.3, -0.25) is 0 Å². The van der Waals surface area contributed by atoms with Crippen molar-refractivity contribution < 1.29 is 10.2 Å². The van der Waals surface area contributed by atoms with Crippen molar-refractivity contribution in [1.29, 1.82) is 0 Å². The van der Waals surface area contributed by atoms with Crippen LogP contribution in [0.2, 0.25) is 0 Å². The van der Waals surface area contributed by atoms with Gasteiger partial charge in [-0.15, -0.1) is 0 Å². The van der Waals surface area contributed by atoms with Crippen molar-refractivity contribution in [3.8, 4) is 0 Å². The lowest BCUT2D eigenvalue weighted by Crippen LogP contribution is -2.26. The summed E-state index contributed by atoms with van der Waals surface area (Å²) in [5.74, 6) is 0.610. The van der Waals surface area contributed by atoms with Crippen molar-refractivity contribution in [1.82, 2.24) is 0 Å². The molecule has 2 nitrogen and oxygen atoms in total. The Balaban J connectivity index is 2.32. The first-order valence-electron chi connectivity index (χ1n) is 4.58. The van der Waals surface area contributed by atoms with Crippen molar-refractivity contribution in [3.05, 3.63) is 0 Å². The van der Waals surface area contributed by atoms with Gasteiger partial charge in [-0.05, 0) is 5.92 Å². The molecule has 0 radical (unpaired) electrons. The Morgan fingerprint density at radius 2 is 1.64 bits per heavy atom. The van der Waals surface area contributed by atoms with Gasteiger partial charge in [0.15, 0.2) is 6.29 Å². The van der Waals surface area contributed by atoms with Crippen molar-refractivity contribution >= 4 is 0 Å². The number of aliphatic hydroxyl groups excluding tert-OH is 1. The molecule has 0 aromatic carbocycles. The maximum atomic E-state index is 8.93. The third kappa shape index (κ3) is 2.46. The first-order valence-corrected chi connectivity index (χ1v) is 4.58. The van der Waals surface area contributed by atoms with E-state index in [0.717, 1.165) is 0 Å². The van der Waals surface area contributed by atoms with Gasteiger partial charge in [-0.2, -0.15) is 0 Å². The van der Waals surface area contributed by atoms with E-state index in [4.69, 9.17) is 10.2 Å². The summed E-state index contributed by atoms with van der Waals surface area (Å²) in [6.07, 6.45) is 5.10. The predicted molar refractivity (Wildman–Crippen MR) is 44.0 cm³/mol. The van der Waals surface area contributed by atoms with Crippen LogP contribution in [0.3, 0.4) is 0 Å². The Hall–Kier alpha value is -0.0800. The molecule has 1 unspecified atom stereocenters. The molecule has 0 amide bonds. The van der Waals surface area contributed by atoms with E-state index in [1.807, 2.05) is 6.92 Å². The number of aliphatic hydroxyl groups is 2. The maximum absolute atomic E-state index is 8.93. The highest BCUT2D eigenvalue weighted by atomic mass is 16.5. The molecule has 0 aromatic rings. The molecule has 0 spiro atoms. The summed E-state index contributed by atoms with van der Waals surface area (Å²) in [4.78, 5) is 0. The van der Waals surface area contributed by atoms with Crippen LogP contribution < -0.4 is 0 Å². The van der Waals surface area contributed by atoms with E-state index in [9.17, 15) is 0 Å². The van der Waals surface area contributed by atoms with E-state index in [2.05, 4.69) is 0 Å². The summed E-state index contributed by atoms with van der Waals surface area (Å²) >= 11 is 0. The average Bonchev–Trinajstić information content (AvgIpc) is 2.05. The smallest absolute Gasteiger partial charge is 0.154 e. The second-order valence-electron chi connectivity index (χ2n) is 3.67. The average molecular weight is 158 g/mol. The van der Waals surface area contributed by atoms with Crippen LogP contribution in [-0.2, 0) is 0 Å². The van der Waals surface area contributed by atoms with Gasteiger partial charge in [0, 0.05) is 5.92 Å². The summed E-state index contributed by atoms with van der Waals surface area (Å²) in [6, 6.07) is 0. The Kier molecular flexibility index (Phi) is 3.34. The van der Waals surface area contributed by atoms with Gasteiger partial charge in [0.25, 0.3) is 0 Å². The standard InChI is InChI=1S/C9H18O2/c1-7(9(10)11)8-5-3-2-4-6-8/h7-11H,2-6H2,1H3. The quantitative estimate of drug-likeness (QED) is 0.598. The highest BCUT2D eigenvalue weighted by molar-refractivity contribution is 4.71. The van der Waals surface area contributed by atoms with Crippen LogP contribution in [0.1, 0.15) is 39.0 Å². The molecule has 66 valence electrons. The van der Waals surface area contributed by atoms with Gasteiger partial charge in [-0.1, -0.05) is 39.0 Å². The molecule has 1 fully saturated rings. The zero-order valence-corrected chi connectivity index (χ0v) is 7.16. The molecule has 11 heavy (non-hydrogen) atoms. The molecule has 1 aliphatic carbocycles. The third-order valence-corrected chi connectivity index (χ3v) is 2.86. The lowest BCUT2D eigenvalue weighted by atomic mass is 9.80. The zero-order valence-electron chi connectivity index (χ0n) is 7.16. The van der Waals surface area contributed by atoms with E-state index in [0.29, 0.717) is 5.92 Å². The Morgan fingerprint density at radius 1 is 1.09 bits per heavy atom. The lowest BCUT2D eigenvalue weighted by Gasteiger charge is -2.28. The SMILES string of the molecule is CC(C(O)O)C1CCCCC1. The molecular weight excluding hydrogens is 140 g/mol. The topological polar surface area (TPSA) is 40.5 Å². The fourth-order valence-electron chi connectivity index (χ4n) is 1.90. The molecule has 0 saturated heterocycles. The third-order valence-electron chi connectivity index (χ3n) is 2.86. The summed E-state index contributed by atoms with van der Waals surface area (Å²) in [7, 11) is 0. The molecular formula is C9H18O2. The number of hydrogen-bond acceptors (Lipinski definition) is 2. The van der Waals surface area contributed by atoms with E-state index in [1.165, 1.54) is 32.1 Å². The largest absolute Gasteiger partial charge is 0.368 e.